The monoisotopic (exact) mass is 499 g/mol. The third kappa shape index (κ3) is 9.88. The fourth-order valence-electron chi connectivity index (χ4n) is 3.05. The van der Waals surface area contributed by atoms with Crippen LogP contribution in [0.25, 0.3) is 0 Å². The van der Waals surface area contributed by atoms with Crippen molar-refractivity contribution in [2.24, 2.45) is 0 Å². The molecule has 0 unspecified atom stereocenters. The van der Waals surface area contributed by atoms with Gasteiger partial charge in [-0.25, -0.2) is 9.59 Å². The van der Waals surface area contributed by atoms with Gasteiger partial charge in [-0.15, -0.1) is 0 Å². The maximum atomic E-state index is 12.7. The van der Waals surface area contributed by atoms with Crippen LogP contribution in [0.5, 0.6) is 0 Å². The Bertz CT molecular complexity index is 939. The highest BCUT2D eigenvalue weighted by Crippen LogP contribution is 2.29. The van der Waals surface area contributed by atoms with Crippen LogP contribution < -0.4 is 16.0 Å². The fourth-order valence-corrected chi connectivity index (χ4v) is 3.24. The average molecular weight is 500 g/mol. The van der Waals surface area contributed by atoms with E-state index in [-0.39, 0.29) is 5.69 Å². The van der Waals surface area contributed by atoms with Gasteiger partial charge >= 0.3 is 18.2 Å². The van der Waals surface area contributed by atoms with E-state index in [1.807, 2.05) is 19.0 Å². The number of amides is 4. The molecule has 0 bridgehead atoms. The molecule has 0 spiro atoms. The highest BCUT2D eigenvalue weighted by molar-refractivity contribution is 6.30. The van der Waals surface area contributed by atoms with Crippen molar-refractivity contribution >= 4 is 35.0 Å². The Morgan fingerprint density at radius 3 is 2.21 bits per heavy atom. The van der Waals surface area contributed by atoms with Gasteiger partial charge in [0.25, 0.3) is 0 Å². The second kappa shape index (κ2) is 13.0. The van der Waals surface area contributed by atoms with E-state index in [4.69, 9.17) is 11.6 Å². The Balaban J connectivity index is 1.86. The molecule has 0 saturated carbocycles. The first kappa shape index (κ1) is 27.3. The average Bonchev–Trinajstić information content (AvgIpc) is 2.75. The van der Waals surface area contributed by atoms with E-state index in [0.29, 0.717) is 36.8 Å². The van der Waals surface area contributed by atoms with Gasteiger partial charge in [0.2, 0.25) is 0 Å². The van der Waals surface area contributed by atoms with E-state index in [9.17, 15) is 22.8 Å². The second-order valence-corrected chi connectivity index (χ2v) is 8.33. The van der Waals surface area contributed by atoms with Crippen LogP contribution in [0, 0.1) is 0 Å². The first-order valence-electron chi connectivity index (χ1n) is 10.7. The SMILES string of the molecule is CN(C)CCCN(CCCNC(=O)Nc1cccc(Cl)c1)C(=O)Nc1ccc(C(F)(F)F)cc1. The molecule has 0 saturated heterocycles. The Hall–Kier alpha value is -2.98. The lowest BCUT2D eigenvalue weighted by molar-refractivity contribution is -0.137. The van der Waals surface area contributed by atoms with Crippen molar-refractivity contribution in [3.8, 4) is 0 Å². The minimum atomic E-state index is -4.44. The minimum Gasteiger partial charge on any atom is -0.338 e. The van der Waals surface area contributed by atoms with Crippen molar-refractivity contribution in [1.82, 2.24) is 15.1 Å². The summed E-state index contributed by atoms with van der Waals surface area (Å²) in [6.45, 7) is 1.91. The molecule has 11 heteroatoms. The lowest BCUT2D eigenvalue weighted by atomic mass is 10.2. The summed E-state index contributed by atoms with van der Waals surface area (Å²) in [5.41, 5.74) is 0.0522. The first-order valence-corrected chi connectivity index (χ1v) is 11.1. The topological polar surface area (TPSA) is 76.7 Å². The van der Waals surface area contributed by atoms with Crippen LogP contribution >= 0.6 is 11.6 Å². The molecular weight excluding hydrogens is 471 g/mol. The van der Waals surface area contributed by atoms with Crippen LogP contribution in [0.4, 0.5) is 34.1 Å². The van der Waals surface area contributed by atoms with Crippen molar-refractivity contribution in [2.45, 2.75) is 19.0 Å². The third-order valence-electron chi connectivity index (χ3n) is 4.76. The van der Waals surface area contributed by atoms with Crippen molar-refractivity contribution in [3.05, 3.63) is 59.1 Å². The van der Waals surface area contributed by atoms with Gasteiger partial charge in [-0.2, -0.15) is 13.2 Å². The van der Waals surface area contributed by atoms with Gasteiger partial charge in [0, 0.05) is 36.0 Å². The van der Waals surface area contributed by atoms with E-state index in [1.165, 1.54) is 12.1 Å². The summed E-state index contributed by atoms with van der Waals surface area (Å²) in [7, 11) is 3.85. The maximum Gasteiger partial charge on any atom is 0.416 e. The van der Waals surface area contributed by atoms with Crippen molar-refractivity contribution in [2.75, 3.05) is 50.9 Å². The number of hydrogen-bond acceptors (Lipinski definition) is 3. The normalized spacial score (nSPS) is 11.3. The molecule has 0 aliphatic rings. The number of benzene rings is 2. The Morgan fingerprint density at radius 1 is 0.912 bits per heavy atom. The maximum absolute atomic E-state index is 12.7. The quantitative estimate of drug-likeness (QED) is 0.385. The van der Waals surface area contributed by atoms with Crippen molar-refractivity contribution in [1.29, 1.82) is 0 Å². The summed E-state index contributed by atoms with van der Waals surface area (Å²) in [6.07, 6.45) is -3.23. The molecule has 0 heterocycles. The van der Waals surface area contributed by atoms with Crippen LogP contribution in [0.3, 0.4) is 0 Å². The van der Waals surface area contributed by atoms with Crippen LogP contribution in [0.1, 0.15) is 18.4 Å². The van der Waals surface area contributed by atoms with E-state index < -0.39 is 23.8 Å². The number of alkyl halides is 3. The predicted molar refractivity (Wildman–Crippen MR) is 128 cm³/mol. The van der Waals surface area contributed by atoms with Gasteiger partial charge in [-0.1, -0.05) is 17.7 Å². The van der Waals surface area contributed by atoms with E-state index >= 15 is 0 Å². The molecule has 2 aromatic carbocycles. The number of rotatable bonds is 10. The Morgan fingerprint density at radius 2 is 1.59 bits per heavy atom. The number of urea groups is 2. The molecule has 34 heavy (non-hydrogen) atoms. The zero-order valence-electron chi connectivity index (χ0n) is 19.1. The number of nitrogens with one attached hydrogen (secondary N) is 3. The number of carbonyl (C=O) groups is 2. The highest BCUT2D eigenvalue weighted by atomic mass is 35.5. The standard InChI is InChI=1S/C23H29ClF3N5O2/c1-31(2)13-5-15-32(22(34)30-19-10-8-17(9-11-19)23(25,26)27)14-4-12-28-21(33)29-20-7-3-6-18(24)16-20/h3,6-11,16H,4-5,12-15H2,1-2H3,(H,30,34)(H2,28,29,33). The van der Waals surface area contributed by atoms with Crippen LogP contribution in [-0.4, -0.2) is 62.1 Å². The fraction of sp³-hybridized carbons (Fsp3) is 0.391. The number of nitrogens with zero attached hydrogens (tertiary/aromatic N) is 2. The van der Waals surface area contributed by atoms with Gasteiger partial charge in [-0.05, 0) is 75.9 Å². The summed E-state index contributed by atoms with van der Waals surface area (Å²) in [6, 6.07) is 10.2. The summed E-state index contributed by atoms with van der Waals surface area (Å²) in [5.74, 6) is 0. The summed E-state index contributed by atoms with van der Waals surface area (Å²) in [5, 5.41) is 8.54. The van der Waals surface area contributed by atoms with Crippen LogP contribution in [0.15, 0.2) is 48.5 Å². The zero-order valence-corrected chi connectivity index (χ0v) is 19.8. The molecule has 186 valence electrons. The number of halogens is 4. The Labute approximate surface area is 202 Å². The molecule has 2 aromatic rings. The van der Waals surface area contributed by atoms with Gasteiger partial charge in [-0.3, -0.25) is 0 Å². The number of hydrogen-bond donors (Lipinski definition) is 3. The highest BCUT2D eigenvalue weighted by Gasteiger charge is 2.30. The predicted octanol–water partition coefficient (Wildman–Crippen LogP) is 5.36. The molecule has 0 aliphatic carbocycles. The van der Waals surface area contributed by atoms with Gasteiger partial charge in [0.05, 0.1) is 5.56 Å². The van der Waals surface area contributed by atoms with Crippen molar-refractivity contribution in [3.63, 3.8) is 0 Å². The van der Waals surface area contributed by atoms with Crippen LogP contribution in [-0.2, 0) is 6.18 Å². The van der Waals surface area contributed by atoms with Gasteiger partial charge in [0.1, 0.15) is 0 Å². The molecule has 0 aliphatic heterocycles. The van der Waals surface area contributed by atoms with E-state index in [2.05, 4.69) is 16.0 Å². The molecule has 0 atom stereocenters. The van der Waals surface area contributed by atoms with Crippen molar-refractivity contribution < 1.29 is 22.8 Å². The zero-order chi connectivity index (χ0) is 25.1. The first-order chi connectivity index (χ1) is 16.0. The lowest BCUT2D eigenvalue weighted by Gasteiger charge is -2.24. The van der Waals surface area contributed by atoms with Crippen LogP contribution in [0.2, 0.25) is 5.02 Å². The number of anilines is 2. The lowest BCUT2D eigenvalue weighted by Crippen LogP contribution is -2.39. The molecular formula is C23H29ClF3N5O2. The number of carbonyl (C=O) groups excluding carboxylic acids is 2. The molecule has 0 aromatic heterocycles. The molecule has 7 nitrogen and oxygen atoms in total. The summed E-state index contributed by atoms with van der Waals surface area (Å²) in [4.78, 5) is 28.4. The van der Waals surface area contributed by atoms with Gasteiger partial charge in [0.15, 0.2) is 0 Å². The minimum absolute atomic E-state index is 0.273. The second-order valence-electron chi connectivity index (χ2n) is 7.89. The molecule has 3 N–H and O–H groups in total. The summed E-state index contributed by atoms with van der Waals surface area (Å²) < 4.78 is 38.2. The molecule has 2 rings (SSSR count). The third-order valence-corrected chi connectivity index (χ3v) is 4.99. The Kier molecular flexibility index (Phi) is 10.5. The van der Waals surface area contributed by atoms with E-state index in [1.54, 1.807) is 29.2 Å². The summed E-state index contributed by atoms with van der Waals surface area (Å²) >= 11 is 5.90. The molecule has 0 radical (unpaired) electrons. The smallest absolute Gasteiger partial charge is 0.338 e. The van der Waals surface area contributed by atoms with E-state index in [0.717, 1.165) is 25.1 Å². The molecule has 0 fully saturated rings. The molecule has 4 amide bonds. The van der Waals surface area contributed by atoms with Gasteiger partial charge < -0.3 is 25.8 Å². The largest absolute Gasteiger partial charge is 0.416 e.